The Morgan fingerprint density at radius 1 is 0.867 bits per heavy atom. The quantitative estimate of drug-likeness (QED) is 0.469. The van der Waals surface area contributed by atoms with Gasteiger partial charge in [-0.15, -0.1) is 5.10 Å². The SMILES string of the molecule is COc1ccccc1Nc1cc(-c2ccccc2)nc2nc(-c3cccnc3)nn12. The molecule has 146 valence electrons. The minimum absolute atomic E-state index is 0.493. The van der Waals surface area contributed by atoms with Gasteiger partial charge in [-0.05, 0) is 24.3 Å². The number of hydrogen-bond donors (Lipinski definition) is 1. The van der Waals surface area contributed by atoms with Gasteiger partial charge in [-0.25, -0.2) is 4.98 Å². The number of ether oxygens (including phenoxy) is 1. The average molecular weight is 394 g/mol. The van der Waals surface area contributed by atoms with E-state index in [-0.39, 0.29) is 0 Å². The van der Waals surface area contributed by atoms with Gasteiger partial charge in [0.2, 0.25) is 0 Å². The summed E-state index contributed by atoms with van der Waals surface area (Å²) in [4.78, 5) is 13.5. The fourth-order valence-corrected chi connectivity index (χ4v) is 3.22. The van der Waals surface area contributed by atoms with E-state index in [0.717, 1.165) is 34.1 Å². The zero-order chi connectivity index (χ0) is 20.3. The summed E-state index contributed by atoms with van der Waals surface area (Å²) in [5, 5.41) is 8.09. The van der Waals surface area contributed by atoms with E-state index < -0.39 is 0 Å². The summed E-state index contributed by atoms with van der Waals surface area (Å²) in [6.07, 6.45) is 3.46. The van der Waals surface area contributed by atoms with Gasteiger partial charge >= 0.3 is 0 Å². The summed E-state index contributed by atoms with van der Waals surface area (Å²) in [5.41, 5.74) is 3.44. The van der Waals surface area contributed by atoms with Crippen molar-refractivity contribution in [2.24, 2.45) is 0 Å². The van der Waals surface area contributed by atoms with Crippen LogP contribution in [0.3, 0.4) is 0 Å². The molecule has 2 aromatic carbocycles. The van der Waals surface area contributed by atoms with Crippen molar-refractivity contribution in [2.45, 2.75) is 0 Å². The summed E-state index contributed by atoms with van der Waals surface area (Å²) in [7, 11) is 1.65. The lowest BCUT2D eigenvalue weighted by atomic mass is 10.1. The highest BCUT2D eigenvalue weighted by atomic mass is 16.5. The Balaban J connectivity index is 1.69. The number of hydrogen-bond acceptors (Lipinski definition) is 6. The Bertz CT molecular complexity index is 1300. The zero-order valence-corrected chi connectivity index (χ0v) is 16.2. The van der Waals surface area contributed by atoms with E-state index in [1.165, 1.54) is 0 Å². The number of anilines is 2. The van der Waals surface area contributed by atoms with Crippen LogP contribution in [0, 0.1) is 0 Å². The molecule has 7 heteroatoms. The number of rotatable bonds is 5. The third-order valence-electron chi connectivity index (χ3n) is 4.67. The molecule has 0 spiro atoms. The van der Waals surface area contributed by atoms with Crippen molar-refractivity contribution in [3.05, 3.63) is 85.2 Å². The van der Waals surface area contributed by atoms with Gasteiger partial charge in [-0.2, -0.15) is 9.50 Å². The van der Waals surface area contributed by atoms with Gasteiger partial charge < -0.3 is 10.1 Å². The fourth-order valence-electron chi connectivity index (χ4n) is 3.22. The summed E-state index contributed by atoms with van der Waals surface area (Å²) < 4.78 is 7.18. The first-order valence-corrected chi connectivity index (χ1v) is 9.45. The van der Waals surface area contributed by atoms with Crippen LogP contribution in [-0.4, -0.2) is 31.7 Å². The summed E-state index contributed by atoms with van der Waals surface area (Å²) in [5.74, 6) is 2.51. The molecule has 0 fully saturated rings. The van der Waals surface area contributed by atoms with Crippen LogP contribution in [0.1, 0.15) is 0 Å². The van der Waals surface area contributed by atoms with E-state index in [4.69, 9.17) is 9.72 Å². The van der Waals surface area contributed by atoms with Gasteiger partial charge in [0.05, 0.1) is 18.5 Å². The Labute approximate surface area is 173 Å². The van der Waals surface area contributed by atoms with E-state index >= 15 is 0 Å². The lowest BCUT2D eigenvalue weighted by Crippen LogP contribution is -2.03. The summed E-state index contributed by atoms with van der Waals surface area (Å²) in [6, 6.07) is 23.5. The second kappa shape index (κ2) is 7.63. The van der Waals surface area contributed by atoms with Gasteiger partial charge in [0.1, 0.15) is 11.6 Å². The molecule has 0 aliphatic carbocycles. The predicted octanol–water partition coefficient (Wildman–Crippen LogP) is 4.61. The highest BCUT2D eigenvalue weighted by molar-refractivity contribution is 5.71. The molecule has 0 saturated heterocycles. The maximum absolute atomic E-state index is 5.49. The van der Waals surface area contributed by atoms with Crippen molar-refractivity contribution in [1.29, 1.82) is 0 Å². The Kier molecular flexibility index (Phi) is 4.53. The number of aromatic nitrogens is 5. The van der Waals surface area contributed by atoms with Crippen LogP contribution in [0.5, 0.6) is 5.75 Å². The Morgan fingerprint density at radius 2 is 1.67 bits per heavy atom. The van der Waals surface area contributed by atoms with Crippen LogP contribution < -0.4 is 10.1 Å². The average Bonchev–Trinajstić information content (AvgIpc) is 3.25. The molecule has 0 saturated carbocycles. The minimum atomic E-state index is 0.493. The lowest BCUT2D eigenvalue weighted by Gasteiger charge is -2.12. The van der Waals surface area contributed by atoms with Gasteiger partial charge in [-0.3, -0.25) is 4.98 Å². The first kappa shape index (κ1) is 17.8. The summed E-state index contributed by atoms with van der Waals surface area (Å²) >= 11 is 0. The van der Waals surface area contributed by atoms with Crippen molar-refractivity contribution in [3.8, 4) is 28.4 Å². The van der Waals surface area contributed by atoms with Gasteiger partial charge in [0.25, 0.3) is 5.78 Å². The van der Waals surface area contributed by atoms with Crippen LogP contribution in [0.25, 0.3) is 28.4 Å². The van der Waals surface area contributed by atoms with Crippen LogP contribution in [0.2, 0.25) is 0 Å². The largest absolute Gasteiger partial charge is 0.495 e. The fraction of sp³-hybridized carbons (Fsp3) is 0.0435. The van der Waals surface area contributed by atoms with Gasteiger partial charge in [-0.1, -0.05) is 42.5 Å². The predicted molar refractivity (Wildman–Crippen MR) is 116 cm³/mol. The maximum atomic E-state index is 5.49. The van der Waals surface area contributed by atoms with Crippen molar-refractivity contribution in [1.82, 2.24) is 24.6 Å². The van der Waals surface area contributed by atoms with Crippen LogP contribution in [0.15, 0.2) is 85.2 Å². The third-order valence-corrected chi connectivity index (χ3v) is 4.67. The molecule has 0 amide bonds. The van der Waals surface area contributed by atoms with Crippen molar-refractivity contribution >= 4 is 17.3 Å². The lowest BCUT2D eigenvalue weighted by molar-refractivity contribution is 0.417. The molecule has 3 heterocycles. The molecule has 1 N–H and O–H groups in total. The molecule has 0 unspecified atom stereocenters. The topological polar surface area (TPSA) is 77.2 Å². The number of pyridine rings is 1. The van der Waals surface area contributed by atoms with Crippen LogP contribution >= 0.6 is 0 Å². The number of para-hydroxylation sites is 2. The number of fused-ring (bicyclic) bond motifs is 1. The molecule has 0 bridgehead atoms. The maximum Gasteiger partial charge on any atom is 0.255 e. The van der Waals surface area contributed by atoms with Crippen LogP contribution in [-0.2, 0) is 0 Å². The van der Waals surface area contributed by atoms with Crippen LogP contribution in [0.4, 0.5) is 11.5 Å². The number of nitrogens with zero attached hydrogens (tertiary/aromatic N) is 5. The monoisotopic (exact) mass is 394 g/mol. The number of nitrogens with one attached hydrogen (secondary N) is 1. The Morgan fingerprint density at radius 3 is 2.47 bits per heavy atom. The molecule has 5 aromatic rings. The van der Waals surface area contributed by atoms with Crippen molar-refractivity contribution in [2.75, 3.05) is 12.4 Å². The molecule has 3 aromatic heterocycles. The van der Waals surface area contributed by atoms with Crippen molar-refractivity contribution in [3.63, 3.8) is 0 Å². The second-order valence-corrected chi connectivity index (χ2v) is 6.61. The number of methoxy groups -OCH3 is 1. The molecule has 0 aliphatic heterocycles. The molecule has 0 atom stereocenters. The Hall–Kier alpha value is -4.26. The van der Waals surface area contributed by atoms with E-state index in [2.05, 4.69) is 20.4 Å². The molecule has 5 rings (SSSR count). The van der Waals surface area contributed by atoms with Crippen molar-refractivity contribution < 1.29 is 4.74 Å². The normalized spacial score (nSPS) is 10.8. The van der Waals surface area contributed by atoms with E-state index in [1.807, 2.05) is 72.8 Å². The second-order valence-electron chi connectivity index (χ2n) is 6.61. The zero-order valence-electron chi connectivity index (χ0n) is 16.2. The standard InChI is InChI=1S/C23H18N6O/c1-30-20-12-6-5-11-18(20)25-21-14-19(16-8-3-2-4-9-16)26-23-27-22(28-29(21)23)17-10-7-13-24-15-17/h2-15,25H,1H3. The highest BCUT2D eigenvalue weighted by Gasteiger charge is 2.15. The summed E-state index contributed by atoms with van der Waals surface area (Å²) in [6.45, 7) is 0. The van der Waals surface area contributed by atoms with E-state index in [9.17, 15) is 0 Å². The van der Waals surface area contributed by atoms with Gasteiger partial charge in [0.15, 0.2) is 5.82 Å². The van der Waals surface area contributed by atoms with Gasteiger partial charge in [0, 0.05) is 29.6 Å². The molecular formula is C23H18N6O. The molecule has 0 aliphatic rings. The molecule has 30 heavy (non-hydrogen) atoms. The molecule has 0 radical (unpaired) electrons. The van der Waals surface area contributed by atoms with E-state index in [0.29, 0.717) is 11.6 Å². The smallest absolute Gasteiger partial charge is 0.255 e. The highest BCUT2D eigenvalue weighted by Crippen LogP contribution is 2.29. The minimum Gasteiger partial charge on any atom is -0.495 e. The molecule has 7 nitrogen and oxygen atoms in total. The third kappa shape index (κ3) is 3.33. The first-order chi connectivity index (χ1) is 14.8. The number of benzene rings is 2. The molecular weight excluding hydrogens is 376 g/mol. The van der Waals surface area contributed by atoms with E-state index in [1.54, 1.807) is 24.0 Å². The first-order valence-electron chi connectivity index (χ1n) is 9.45.